The molecule has 0 bridgehead atoms. The van der Waals surface area contributed by atoms with E-state index in [9.17, 15) is 0 Å². The average molecular weight is 181 g/mol. The van der Waals surface area contributed by atoms with E-state index in [4.69, 9.17) is 0 Å². The summed E-state index contributed by atoms with van der Waals surface area (Å²) in [5.74, 6) is 1.00. The number of hydrogen-bond acceptors (Lipinski definition) is 1. The predicted octanol–water partition coefficient (Wildman–Crippen LogP) is 2.91. The largest absolute Gasteiger partial charge is 0.306 e. The zero-order chi connectivity index (χ0) is 9.31. The molecule has 2 unspecified atom stereocenters. The van der Waals surface area contributed by atoms with E-state index in [-0.39, 0.29) is 0 Å². The van der Waals surface area contributed by atoms with Gasteiger partial charge in [-0.15, -0.1) is 0 Å². The quantitative estimate of drug-likeness (QED) is 0.555. The summed E-state index contributed by atoms with van der Waals surface area (Å²) in [7, 11) is 2.28. The van der Waals surface area contributed by atoms with Crippen molar-refractivity contribution in [3.8, 4) is 0 Å². The Labute approximate surface area is 82.5 Å². The summed E-state index contributed by atoms with van der Waals surface area (Å²) >= 11 is 0. The summed E-state index contributed by atoms with van der Waals surface area (Å²) in [6, 6.07) is 0. The Morgan fingerprint density at radius 2 is 2.00 bits per heavy atom. The Kier molecular flexibility index (Phi) is 2.64. The van der Waals surface area contributed by atoms with Crippen LogP contribution in [0.2, 0.25) is 0 Å². The fourth-order valence-corrected chi connectivity index (χ4v) is 3.34. The van der Waals surface area contributed by atoms with Gasteiger partial charge in [-0.05, 0) is 63.6 Å². The van der Waals surface area contributed by atoms with Gasteiger partial charge in [0.2, 0.25) is 0 Å². The molecule has 1 aliphatic carbocycles. The molecule has 1 saturated heterocycles. The zero-order valence-corrected chi connectivity index (χ0v) is 9.18. The molecule has 1 heterocycles. The van der Waals surface area contributed by atoms with Crippen LogP contribution in [0.25, 0.3) is 0 Å². The highest BCUT2D eigenvalue weighted by Gasteiger charge is 2.37. The third-order valence-corrected chi connectivity index (χ3v) is 4.22. The van der Waals surface area contributed by atoms with Crippen LogP contribution in [-0.4, -0.2) is 25.0 Å². The number of likely N-dealkylation sites (tertiary alicyclic amines) is 1. The summed E-state index contributed by atoms with van der Waals surface area (Å²) in [4.78, 5) is 2.51. The highest BCUT2D eigenvalue weighted by atomic mass is 15.1. The van der Waals surface area contributed by atoms with Crippen LogP contribution in [0.15, 0.2) is 0 Å². The van der Waals surface area contributed by atoms with Gasteiger partial charge in [-0.2, -0.15) is 0 Å². The van der Waals surface area contributed by atoms with Gasteiger partial charge < -0.3 is 4.90 Å². The summed E-state index contributed by atoms with van der Waals surface area (Å²) < 4.78 is 0. The molecule has 2 rings (SSSR count). The van der Waals surface area contributed by atoms with E-state index in [1.165, 1.54) is 51.6 Å². The molecule has 0 aromatic carbocycles. The van der Waals surface area contributed by atoms with E-state index in [1.807, 2.05) is 0 Å². The van der Waals surface area contributed by atoms with Crippen molar-refractivity contribution in [3.63, 3.8) is 0 Å². The fraction of sp³-hybridized carbons (Fsp3) is 1.00. The van der Waals surface area contributed by atoms with Gasteiger partial charge >= 0.3 is 0 Å². The van der Waals surface area contributed by atoms with E-state index in [2.05, 4.69) is 18.9 Å². The van der Waals surface area contributed by atoms with Gasteiger partial charge in [-0.3, -0.25) is 0 Å². The normalized spacial score (nSPS) is 42.5. The van der Waals surface area contributed by atoms with Crippen LogP contribution in [0.4, 0.5) is 0 Å². The summed E-state index contributed by atoms with van der Waals surface area (Å²) in [5.41, 5.74) is 0.768. The van der Waals surface area contributed by atoms with Crippen LogP contribution in [0.3, 0.4) is 0 Å². The zero-order valence-electron chi connectivity index (χ0n) is 9.18. The van der Waals surface area contributed by atoms with E-state index < -0.39 is 0 Å². The molecule has 1 spiro atoms. The first kappa shape index (κ1) is 9.51. The monoisotopic (exact) mass is 181 g/mol. The Morgan fingerprint density at radius 1 is 1.15 bits per heavy atom. The van der Waals surface area contributed by atoms with Crippen molar-refractivity contribution in [2.24, 2.45) is 11.3 Å². The lowest BCUT2D eigenvalue weighted by Crippen LogP contribution is -2.21. The van der Waals surface area contributed by atoms with Crippen molar-refractivity contribution in [3.05, 3.63) is 0 Å². The second-order valence-electron chi connectivity index (χ2n) is 5.50. The van der Waals surface area contributed by atoms with E-state index in [0.29, 0.717) is 0 Å². The fourth-order valence-electron chi connectivity index (χ4n) is 3.34. The number of rotatable bonds is 0. The molecule has 0 N–H and O–H groups in total. The second kappa shape index (κ2) is 3.61. The molecule has 2 fully saturated rings. The Bertz CT molecular complexity index is 176. The molecule has 2 atom stereocenters. The first-order valence-corrected chi connectivity index (χ1v) is 5.89. The number of nitrogens with zero attached hydrogens (tertiary/aromatic N) is 1. The topological polar surface area (TPSA) is 3.24 Å². The average Bonchev–Trinajstić information content (AvgIpc) is 2.35. The molecular weight excluding hydrogens is 158 g/mol. The maximum Gasteiger partial charge on any atom is -0.00165 e. The minimum Gasteiger partial charge on any atom is -0.306 e. The highest BCUT2D eigenvalue weighted by molar-refractivity contribution is 4.89. The number of hydrogen-bond donors (Lipinski definition) is 0. The maximum absolute atomic E-state index is 2.51. The lowest BCUT2D eigenvalue weighted by Gasteiger charge is -2.27. The van der Waals surface area contributed by atoms with E-state index in [1.54, 1.807) is 0 Å². The molecule has 0 aromatic rings. The minimum absolute atomic E-state index is 0.768. The van der Waals surface area contributed by atoms with Crippen LogP contribution in [0.1, 0.15) is 45.4 Å². The van der Waals surface area contributed by atoms with Crippen LogP contribution in [0, 0.1) is 11.3 Å². The van der Waals surface area contributed by atoms with Gasteiger partial charge in [0, 0.05) is 0 Å². The van der Waals surface area contributed by atoms with Crippen molar-refractivity contribution >= 4 is 0 Å². The van der Waals surface area contributed by atoms with Crippen molar-refractivity contribution in [2.75, 3.05) is 20.1 Å². The van der Waals surface area contributed by atoms with Gasteiger partial charge in [0.25, 0.3) is 0 Å². The molecule has 2 aliphatic rings. The molecule has 13 heavy (non-hydrogen) atoms. The van der Waals surface area contributed by atoms with Gasteiger partial charge in [-0.1, -0.05) is 13.3 Å². The van der Waals surface area contributed by atoms with Crippen molar-refractivity contribution in [2.45, 2.75) is 45.4 Å². The molecule has 0 amide bonds. The van der Waals surface area contributed by atoms with Crippen LogP contribution < -0.4 is 0 Å². The molecule has 0 radical (unpaired) electrons. The van der Waals surface area contributed by atoms with Crippen molar-refractivity contribution < 1.29 is 0 Å². The minimum atomic E-state index is 0.768. The molecule has 0 aromatic heterocycles. The summed E-state index contributed by atoms with van der Waals surface area (Å²) in [6.07, 6.45) is 8.92. The Balaban J connectivity index is 1.98. The van der Waals surface area contributed by atoms with Gasteiger partial charge in [-0.25, -0.2) is 0 Å². The van der Waals surface area contributed by atoms with E-state index >= 15 is 0 Å². The Hall–Kier alpha value is -0.0400. The Morgan fingerprint density at radius 3 is 2.69 bits per heavy atom. The molecule has 76 valence electrons. The van der Waals surface area contributed by atoms with Crippen LogP contribution >= 0.6 is 0 Å². The van der Waals surface area contributed by atoms with Crippen LogP contribution in [0.5, 0.6) is 0 Å². The van der Waals surface area contributed by atoms with Gasteiger partial charge in [0.15, 0.2) is 0 Å². The molecule has 1 heteroatoms. The highest BCUT2D eigenvalue weighted by Crippen LogP contribution is 2.48. The third-order valence-electron chi connectivity index (χ3n) is 4.22. The molecule has 1 aliphatic heterocycles. The maximum atomic E-state index is 2.51. The van der Waals surface area contributed by atoms with Gasteiger partial charge in [0.05, 0.1) is 0 Å². The standard InChI is InChI=1S/C12H23N/c1-11-4-6-12(10-11)5-3-8-13(2)9-7-12/h11H,3-10H2,1-2H3. The first-order chi connectivity index (χ1) is 6.20. The smallest absolute Gasteiger partial charge is 0.00165 e. The lowest BCUT2D eigenvalue weighted by atomic mass is 9.78. The SMILES string of the molecule is CC1CCC2(CCCN(C)CC2)C1. The molecule has 1 nitrogen and oxygen atoms in total. The molecule has 1 saturated carbocycles. The molecular formula is C12H23N. The van der Waals surface area contributed by atoms with Gasteiger partial charge in [0.1, 0.15) is 0 Å². The van der Waals surface area contributed by atoms with E-state index in [0.717, 1.165) is 11.3 Å². The first-order valence-electron chi connectivity index (χ1n) is 5.89. The lowest BCUT2D eigenvalue weighted by molar-refractivity contribution is 0.240. The predicted molar refractivity (Wildman–Crippen MR) is 56.8 cm³/mol. The third kappa shape index (κ3) is 2.07. The van der Waals surface area contributed by atoms with Crippen LogP contribution in [-0.2, 0) is 0 Å². The van der Waals surface area contributed by atoms with Crippen molar-refractivity contribution in [1.29, 1.82) is 0 Å². The second-order valence-corrected chi connectivity index (χ2v) is 5.50. The summed E-state index contributed by atoms with van der Waals surface area (Å²) in [5, 5.41) is 0. The summed E-state index contributed by atoms with van der Waals surface area (Å²) in [6.45, 7) is 5.10. The van der Waals surface area contributed by atoms with Crippen molar-refractivity contribution in [1.82, 2.24) is 4.90 Å².